The quantitative estimate of drug-likeness (QED) is 0.635. The van der Waals surface area contributed by atoms with Gasteiger partial charge >= 0.3 is 5.91 Å². The van der Waals surface area contributed by atoms with Crippen LogP contribution in [0.3, 0.4) is 0 Å². The summed E-state index contributed by atoms with van der Waals surface area (Å²) < 4.78 is 11.5. The summed E-state index contributed by atoms with van der Waals surface area (Å²) in [5.74, 6) is 0.403. The number of nitrogens with zero attached hydrogens (tertiary/aromatic N) is 2. The van der Waals surface area contributed by atoms with Gasteiger partial charge < -0.3 is 19.6 Å². The van der Waals surface area contributed by atoms with Crippen molar-refractivity contribution in [2.45, 2.75) is 32.3 Å². The Morgan fingerprint density at radius 2 is 1.96 bits per heavy atom. The number of nitrogens with one attached hydrogen (secondary N) is 1. The molecule has 4 rings (SSSR count). The van der Waals surface area contributed by atoms with Crippen molar-refractivity contribution >= 4 is 22.5 Å². The Labute approximate surface area is 162 Å². The van der Waals surface area contributed by atoms with Crippen LogP contribution >= 0.6 is 0 Å². The molecule has 7 nitrogen and oxygen atoms in total. The van der Waals surface area contributed by atoms with Crippen LogP contribution in [0.4, 0.5) is 5.69 Å². The van der Waals surface area contributed by atoms with Crippen molar-refractivity contribution in [3.8, 4) is 17.4 Å². The number of carbonyl (C=O) groups is 1. The minimum Gasteiger partial charge on any atom is -0.493 e. The van der Waals surface area contributed by atoms with E-state index in [0.717, 1.165) is 5.56 Å². The number of fused-ring (bicyclic) bond motifs is 2. The van der Waals surface area contributed by atoms with E-state index in [9.17, 15) is 9.90 Å². The molecule has 0 saturated carbocycles. The SMILES string of the molecule is CC(C)(C)c1ccc2c(c1)O[C@H](C(=O)N=Nc1c(O)[nH]c3ccccc13)CO2. The highest BCUT2D eigenvalue weighted by Crippen LogP contribution is 2.37. The molecule has 1 aliphatic heterocycles. The Kier molecular flexibility index (Phi) is 4.30. The van der Waals surface area contributed by atoms with Crippen LogP contribution in [0.5, 0.6) is 17.4 Å². The van der Waals surface area contributed by atoms with Gasteiger partial charge in [-0.2, -0.15) is 0 Å². The zero-order chi connectivity index (χ0) is 19.9. The fourth-order valence-electron chi connectivity index (χ4n) is 3.04. The van der Waals surface area contributed by atoms with Gasteiger partial charge in [-0.25, -0.2) is 0 Å². The maximum Gasteiger partial charge on any atom is 0.308 e. The molecule has 0 spiro atoms. The number of hydrogen-bond acceptors (Lipinski definition) is 5. The van der Waals surface area contributed by atoms with Crippen LogP contribution in [-0.4, -0.2) is 28.7 Å². The number of rotatable bonds is 2. The predicted molar refractivity (Wildman–Crippen MR) is 105 cm³/mol. The Bertz CT molecular complexity index is 1080. The molecule has 1 aliphatic rings. The average molecular weight is 379 g/mol. The lowest BCUT2D eigenvalue weighted by Crippen LogP contribution is -2.35. The molecule has 28 heavy (non-hydrogen) atoms. The molecule has 2 N–H and O–H groups in total. The zero-order valence-electron chi connectivity index (χ0n) is 15.9. The second-order valence-electron chi connectivity index (χ2n) is 7.74. The molecule has 3 aromatic rings. The summed E-state index contributed by atoms with van der Waals surface area (Å²) in [6.45, 7) is 6.36. The highest BCUT2D eigenvalue weighted by Gasteiger charge is 2.29. The molecule has 1 aromatic heterocycles. The van der Waals surface area contributed by atoms with Gasteiger partial charge in [-0.3, -0.25) is 4.79 Å². The van der Waals surface area contributed by atoms with Crippen LogP contribution in [0.25, 0.3) is 10.9 Å². The molecular weight excluding hydrogens is 358 g/mol. The number of para-hydroxylation sites is 1. The van der Waals surface area contributed by atoms with Crippen LogP contribution in [0, 0.1) is 0 Å². The van der Waals surface area contributed by atoms with Gasteiger partial charge in [-0.1, -0.05) is 45.0 Å². The first kappa shape index (κ1) is 18.0. The summed E-state index contributed by atoms with van der Waals surface area (Å²) in [6, 6.07) is 13.0. The standard InChI is InChI=1S/C21H21N3O4/c1-21(2,3)12-8-9-15-16(10-12)28-17(11-27-15)19(25)24-23-18-13-6-4-5-7-14(13)22-20(18)26/h4-10,17,22,26H,11H2,1-3H3/t17-/m0/s1. The van der Waals surface area contributed by atoms with Crippen LogP contribution in [-0.2, 0) is 10.2 Å². The molecule has 1 atom stereocenters. The van der Waals surface area contributed by atoms with Gasteiger partial charge in [-0.05, 0) is 29.2 Å². The zero-order valence-corrected chi connectivity index (χ0v) is 15.9. The van der Waals surface area contributed by atoms with Gasteiger partial charge in [-0.15, -0.1) is 10.2 Å². The molecule has 0 saturated heterocycles. The summed E-state index contributed by atoms with van der Waals surface area (Å²) >= 11 is 0. The second-order valence-corrected chi connectivity index (χ2v) is 7.74. The van der Waals surface area contributed by atoms with Crippen molar-refractivity contribution < 1.29 is 19.4 Å². The largest absolute Gasteiger partial charge is 0.493 e. The number of carbonyl (C=O) groups excluding carboxylic acids is 1. The molecule has 2 heterocycles. The van der Waals surface area contributed by atoms with Gasteiger partial charge in [0.15, 0.2) is 17.2 Å². The number of aromatic nitrogens is 1. The highest BCUT2D eigenvalue weighted by atomic mass is 16.6. The third-order valence-electron chi connectivity index (χ3n) is 4.65. The number of ether oxygens (including phenoxy) is 2. The van der Waals surface area contributed by atoms with E-state index in [1.807, 2.05) is 30.3 Å². The average Bonchev–Trinajstić information content (AvgIpc) is 2.99. The second kappa shape index (κ2) is 6.67. The maximum atomic E-state index is 12.5. The van der Waals surface area contributed by atoms with E-state index in [2.05, 4.69) is 36.0 Å². The third-order valence-corrected chi connectivity index (χ3v) is 4.65. The van der Waals surface area contributed by atoms with E-state index in [-0.39, 0.29) is 23.6 Å². The van der Waals surface area contributed by atoms with Gasteiger partial charge in [0.25, 0.3) is 0 Å². The lowest BCUT2D eigenvalue weighted by atomic mass is 9.87. The van der Waals surface area contributed by atoms with E-state index in [0.29, 0.717) is 22.4 Å². The van der Waals surface area contributed by atoms with Gasteiger partial charge in [0.05, 0.1) is 5.52 Å². The number of azo groups is 1. The number of hydrogen-bond donors (Lipinski definition) is 2. The lowest BCUT2D eigenvalue weighted by molar-refractivity contribution is -0.127. The smallest absolute Gasteiger partial charge is 0.308 e. The van der Waals surface area contributed by atoms with Crippen molar-refractivity contribution in [2.24, 2.45) is 10.2 Å². The number of aromatic amines is 1. The molecule has 2 aromatic carbocycles. The van der Waals surface area contributed by atoms with Crippen LogP contribution < -0.4 is 9.47 Å². The fourth-order valence-corrected chi connectivity index (χ4v) is 3.04. The van der Waals surface area contributed by atoms with Crippen LogP contribution in [0.2, 0.25) is 0 Å². The molecule has 7 heteroatoms. The van der Waals surface area contributed by atoms with E-state index < -0.39 is 12.0 Å². The van der Waals surface area contributed by atoms with Crippen molar-refractivity contribution in [1.29, 1.82) is 0 Å². The van der Waals surface area contributed by atoms with Gasteiger partial charge in [0.2, 0.25) is 12.0 Å². The van der Waals surface area contributed by atoms with Crippen LogP contribution in [0.15, 0.2) is 52.7 Å². The fraction of sp³-hybridized carbons (Fsp3) is 0.286. The number of aromatic hydroxyl groups is 1. The molecule has 1 amide bonds. The third kappa shape index (κ3) is 3.31. The van der Waals surface area contributed by atoms with Crippen molar-refractivity contribution in [3.05, 3.63) is 48.0 Å². The topological polar surface area (TPSA) is 96.3 Å². The van der Waals surface area contributed by atoms with E-state index in [1.54, 1.807) is 12.1 Å². The summed E-state index contributed by atoms with van der Waals surface area (Å²) in [5, 5.41) is 18.4. The Balaban J connectivity index is 1.55. The summed E-state index contributed by atoms with van der Waals surface area (Å²) in [5.41, 5.74) is 1.95. The van der Waals surface area contributed by atoms with E-state index in [1.165, 1.54) is 0 Å². The summed E-state index contributed by atoms with van der Waals surface area (Å²) in [6.07, 6.45) is -0.890. The Hall–Kier alpha value is -3.35. The van der Waals surface area contributed by atoms with Crippen LogP contribution in [0.1, 0.15) is 26.3 Å². The van der Waals surface area contributed by atoms with Gasteiger partial charge in [0.1, 0.15) is 6.61 Å². The highest BCUT2D eigenvalue weighted by molar-refractivity contribution is 5.94. The van der Waals surface area contributed by atoms with Crippen molar-refractivity contribution in [3.63, 3.8) is 0 Å². The van der Waals surface area contributed by atoms with E-state index >= 15 is 0 Å². The molecule has 0 radical (unpaired) electrons. The predicted octanol–water partition coefficient (Wildman–Crippen LogP) is 4.62. The van der Waals surface area contributed by atoms with E-state index in [4.69, 9.17) is 9.47 Å². The monoisotopic (exact) mass is 379 g/mol. The molecule has 0 aliphatic carbocycles. The minimum atomic E-state index is -0.890. The normalized spacial score (nSPS) is 16.6. The van der Waals surface area contributed by atoms with Gasteiger partial charge in [0, 0.05) is 5.39 Å². The first-order valence-corrected chi connectivity index (χ1v) is 9.02. The van der Waals surface area contributed by atoms with Crippen molar-refractivity contribution in [2.75, 3.05) is 6.61 Å². The Morgan fingerprint density at radius 1 is 1.18 bits per heavy atom. The summed E-state index contributed by atoms with van der Waals surface area (Å²) in [7, 11) is 0. The number of amides is 1. The van der Waals surface area contributed by atoms with Crippen molar-refractivity contribution in [1.82, 2.24) is 4.98 Å². The molecular formula is C21H21N3O4. The molecule has 144 valence electrons. The Morgan fingerprint density at radius 3 is 2.75 bits per heavy atom. The first-order chi connectivity index (χ1) is 13.3. The molecule has 0 fully saturated rings. The number of H-pyrrole nitrogens is 1. The minimum absolute atomic E-state index is 0.0537. The number of benzene rings is 2. The first-order valence-electron chi connectivity index (χ1n) is 9.02. The molecule has 0 unspecified atom stereocenters. The molecule has 0 bridgehead atoms. The lowest BCUT2D eigenvalue weighted by Gasteiger charge is -2.27. The summed E-state index contributed by atoms with van der Waals surface area (Å²) in [4.78, 5) is 15.3. The maximum absolute atomic E-state index is 12.5.